The second-order valence-corrected chi connectivity index (χ2v) is 16.2. The fourth-order valence-electron chi connectivity index (χ4n) is 5.07. The van der Waals surface area contributed by atoms with E-state index in [2.05, 4.69) is 15.2 Å². The van der Waals surface area contributed by atoms with Crippen LogP contribution in [0.3, 0.4) is 0 Å². The Balaban J connectivity index is 1.74. The molecule has 2 aromatic heterocycles. The highest BCUT2D eigenvalue weighted by Gasteiger charge is 2.43. The van der Waals surface area contributed by atoms with Crippen LogP contribution in [0.5, 0.6) is 5.75 Å². The summed E-state index contributed by atoms with van der Waals surface area (Å²) in [5.41, 5.74) is 7.43. The van der Waals surface area contributed by atoms with Crippen molar-refractivity contribution in [3.63, 3.8) is 0 Å². The first-order valence-electron chi connectivity index (χ1n) is 17.5. The smallest absolute Gasteiger partial charge is 0.459 e. The molecule has 288 valence electrons. The Bertz CT molecular complexity index is 1830. The second-order valence-electron chi connectivity index (χ2n) is 14.5. The third-order valence-electron chi connectivity index (χ3n) is 8.50. The number of hydrogen-bond donors (Lipinski definition) is 2. The number of fused-ring (bicyclic) bond motifs is 1. The van der Waals surface area contributed by atoms with Gasteiger partial charge in [0, 0.05) is 0 Å². The molecule has 3 aromatic rings. The Kier molecular flexibility index (Phi) is 13.5. The van der Waals surface area contributed by atoms with Crippen molar-refractivity contribution in [3.05, 3.63) is 54.0 Å². The lowest BCUT2D eigenvalue weighted by atomic mass is 9.87. The number of nitrogens with two attached hydrogens (primary N) is 1. The molecule has 16 nitrogen and oxygen atoms in total. The van der Waals surface area contributed by atoms with Crippen LogP contribution in [0.2, 0.25) is 0 Å². The standard InChI is InChI=1S/C36H49N6O10P/c1-21(2)33(43)50-30(27-16-17-28-32(38)39-20-40-42(27)28)31(51-34(44)22(3)4)29(47-19-37)18-48-53(46,41-23(5)35(45)49-25-10-9-11-25)52-26-14-12-24(13-15-26)36(6,7)8/h12-17,20-23,25,29-31H,9-11,18H2,1-8H3,(H,41,46)(H2,38,39,40)/t23-,29+,30-,31+,53?/m0/s1. The van der Waals surface area contributed by atoms with Crippen molar-refractivity contribution in [2.24, 2.45) is 11.8 Å². The van der Waals surface area contributed by atoms with Crippen molar-refractivity contribution in [1.29, 1.82) is 5.26 Å². The fraction of sp³-hybridized carbons (Fsp3) is 0.556. The van der Waals surface area contributed by atoms with Gasteiger partial charge in [-0.25, -0.2) is 14.1 Å². The molecule has 1 aliphatic carbocycles. The molecule has 0 saturated heterocycles. The molecule has 1 fully saturated rings. The number of anilines is 1. The van der Waals surface area contributed by atoms with E-state index in [0.717, 1.165) is 24.8 Å². The minimum Gasteiger partial charge on any atom is -0.461 e. The molecule has 2 heterocycles. The zero-order valence-electron chi connectivity index (χ0n) is 31.3. The van der Waals surface area contributed by atoms with Gasteiger partial charge in [-0.05, 0) is 61.4 Å². The van der Waals surface area contributed by atoms with E-state index >= 15 is 0 Å². The molecule has 3 N–H and O–H groups in total. The maximum Gasteiger partial charge on any atom is 0.459 e. The van der Waals surface area contributed by atoms with E-state index in [1.54, 1.807) is 58.2 Å². The summed E-state index contributed by atoms with van der Waals surface area (Å²) in [6, 6.07) is 8.81. The van der Waals surface area contributed by atoms with E-state index in [-0.39, 0.29) is 28.8 Å². The number of ether oxygens (including phenoxy) is 4. The number of aromatic nitrogens is 3. The fourth-order valence-corrected chi connectivity index (χ4v) is 6.58. The number of nitriles is 1. The van der Waals surface area contributed by atoms with Gasteiger partial charge in [0.25, 0.3) is 6.26 Å². The van der Waals surface area contributed by atoms with Crippen molar-refractivity contribution < 1.29 is 46.9 Å². The van der Waals surface area contributed by atoms with Gasteiger partial charge in [0.2, 0.25) is 0 Å². The number of nitrogens with one attached hydrogen (secondary N) is 1. The molecule has 1 aliphatic rings. The molecule has 1 unspecified atom stereocenters. The zero-order chi connectivity index (χ0) is 39.1. The lowest BCUT2D eigenvalue weighted by molar-refractivity contribution is -0.184. The monoisotopic (exact) mass is 756 g/mol. The molecule has 1 saturated carbocycles. The predicted molar refractivity (Wildman–Crippen MR) is 192 cm³/mol. The number of esters is 3. The number of nitrogen functional groups attached to an aromatic ring is 1. The second kappa shape index (κ2) is 17.4. The zero-order valence-corrected chi connectivity index (χ0v) is 32.2. The normalized spacial score (nSPS) is 16.8. The van der Waals surface area contributed by atoms with Crippen LogP contribution >= 0.6 is 7.75 Å². The van der Waals surface area contributed by atoms with E-state index in [0.29, 0.717) is 5.52 Å². The van der Waals surface area contributed by atoms with Gasteiger partial charge in [0.1, 0.15) is 36.3 Å². The van der Waals surface area contributed by atoms with Crippen LogP contribution in [0.1, 0.15) is 92.0 Å². The van der Waals surface area contributed by atoms with Crippen molar-refractivity contribution in [3.8, 4) is 12.0 Å². The summed E-state index contributed by atoms with van der Waals surface area (Å²) in [5, 5.41) is 16.7. The molecule has 5 atom stereocenters. The van der Waals surface area contributed by atoms with Crippen molar-refractivity contribution in [2.45, 2.75) is 111 Å². The van der Waals surface area contributed by atoms with Gasteiger partial charge in [-0.2, -0.15) is 15.4 Å². The molecule has 0 radical (unpaired) electrons. The van der Waals surface area contributed by atoms with Gasteiger partial charge in [0.05, 0.1) is 17.5 Å². The number of hydrogen-bond acceptors (Lipinski definition) is 14. The Morgan fingerprint density at radius 3 is 2.21 bits per heavy atom. The maximum atomic E-state index is 14.6. The SMILES string of the molecule is CC(C)C(=O)O[C@H]([C@@H](COP(=O)(N[C@@H](C)C(=O)OC1CCC1)Oc1ccc(C(C)(C)C)cc1)OC#N)[C@@H](OC(=O)C(C)C)c1ccc2c(N)ncnn12. The van der Waals surface area contributed by atoms with E-state index in [1.807, 2.05) is 32.9 Å². The van der Waals surface area contributed by atoms with Crippen LogP contribution < -0.4 is 15.3 Å². The van der Waals surface area contributed by atoms with Gasteiger partial charge < -0.3 is 29.2 Å². The summed E-state index contributed by atoms with van der Waals surface area (Å²) in [5.74, 6) is -3.10. The average molecular weight is 757 g/mol. The number of nitrogens with zero attached hydrogens (tertiary/aromatic N) is 4. The van der Waals surface area contributed by atoms with Gasteiger partial charge in [-0.15, -0.1) is 0 Å². The first kappa shape index (κ1) is 41.1. The van der Waals surface area contributed by atoms with E-state index < -0.39 is 68.5 Å². The lowest BCUT2D eigenvalue weighted by Crippen LogP contribution is -2.44. The Hall–Kier alpha value is -4.71. The van der Waals surface area contributed by atoms with E-state index in [1.165, 1.54) is 17.8 Å². The highest BCUT2D eigenvalue weighted by molar-refractivity contribution is 7.52. The van der Waals surface area contributed by atoms with Gasteiger partial charge in [0.15, 0.2) is 24.1 Å². The molecule has 53 heavy (non-hydrogen) atoms. The number of carbonyl (C=O) groups is 3. The minimum atomic E-state index is -4.52. The highest BCUT2D eigenvalue weighted by atomic mass is 31.2. The molecule has 17 heteroatoms. The molecular formula is C36H49N6O10P. The van der Waals surface area contributed by atoms with Crippen LogP contribution in [-0.2, 0) is 47.8 Å². The van der Waals surface area contributed by atoms with Crippen LogP contribution in [0.25, 0.3) is 5.52 Å². The quantitative estimate of drug-likeness (QED) is 0.0746. The first-order valence-corrected chi connectivity index (χ1v) is 19.0. The third-order valence-corrected chi connectivity index (χ3v) is 10.1. The molecular weight excluding hydrogens is 707 g/mol. The van der Waals surface area contributed by atoms with E-state index in [4.69, 9.17) is 33.7 Å². The summed E-state index contributed by atoms with van der Waals surface area (Å²) >= 11 is 0. The summed E-state index contributed by atoms with van der Waals surface area (Å²) in [7, 11) is -4.52. The van der Waals surface area contributed by atoms with Gasteiger partial charge in [-0.1, -0.05) is 60.6 Å². The largest absolute Gasteiger partial charge is 0.461 e. The molecule has 0 amide bonds. The molecule has 0 bridgehead atoms. The van der Waals surface area contributed by atoms with Gasteiger partial charge in [-0.3, -0.25) is 18.9 Å². The van der Waals surface area contributed by atoms with Crippen LogP contribution in [0.15, 0.2) is 42.7 Å². The summed E-state index contributed by atoms with van der Waals surface area (Å²) < 4.78 is 50.5. The highest BCUT2D eigenvalue weighted by Crippen LogP contribution is 2.46. The molecule has 0 spiro atoms. The van der Waals surface area contributed by atoms with Crippen molar-refractivity contribution in [2.75, 3.05) is 12.3 Å². The Morgan fingerprint density at radius 2 is 1.64 bits per heavy atom. The third kappa shape index (κ3) is 10.7. The Morgan fingerprint density at radius 1 is 1.00 bits per heavy atom. The number of benzene rings is 1. The van der Waals surface area contributed by atoms with Crippen molar-refractivity contribution in [1.82, 2.24) is 19.7 Å². The topological polar surface area (TPSA) is 216 Å². The molecule has 0 aliphatic heterocycles. The molecule has 4 rings (SSSR count). The summed E-state index contributed by atoms with van der Waals surface area (Å²) in [6.07, 6.45) is 0.332. The molecule has 1 aromatic carbocycles. The summed E-state index contributed by atoms with van der Waals surface area (Å²) in [6.45, 7) is 13.2. The van der Waals surface area contributed by atoms with Crippen LogP contribution in [0.4, 0.5) is 5.82 Å². The minimum absolute atomic E-state index is 0.119. The van der Waals surface area contributed by atoms with E-state index in [9.17, 15) is 24.2 Å². The summed E-state index contributed by atoms with van der Waals surface area (Å²) in [4.78, 5) is 43.3. The number of carbonyl (C=O) groups excluding carboxylic acids is 3. The van der Waals surface area contributed by atoms with Crippen molar-refractivity contribution >= 4 is 37.0 Å². The number of rotatable bonds is 17. The van der Waals surface area contributed by atoms with Gasteiger partial charge >= 0.3 is 25.7 Å². The first-order chi connectivity index (χ1) is 24.9. The Labute approximate surface area is 309 Å². The lowest BCUT2D eigenvalue weighted by Gasteiger charge is -2.33. The average Bonchev–Trinajstić information content (AvgIpc) is 3.51. The van der Waals surface area contributed by atoms with Crippen LogP contribution in [0, 0.1) is 23.4 Å². The van der Waals surface area contributed by atoms with Crippen LogP contribution in [-0.4, -0.2) is 63.5 Å². The predicted octanol–water partition coefficient (Wildman–Crippen LogP) is 5.56. The maximum absolute atomic E-state index is 14.6.